The molecule has 1 unspecified atom stereocenters. The van der Waals surface area contributed by atoms with Crippen LogP contribution in [0.1, 0.15) is 60.8 Å². The predicted octanol–water partition coefficient (Wildman–Crippen LogP) is 3.75. The zero-order valence-corrected chi connectivity index (χ0v) is 12.6. The topological polar surface area (TPSA) is 20.3 Å². The van der Waals surface area contributed by atoms with Crippen molar-refractivity contribution < 1.29 is 4.79 Å². The molecule has 0 bridgehead atoms. The van der Waals surface area contributed by atoms with Gasteiger partial charge in [-0.3, -0.25) is 9.69 Å². The molecule has 0 saturated carbocycles. The Labute approximate surface area is 108 Å². The molecule has 0 N–H and O–H groups in total. The minimum Gasteiger partial charge on any atom is -0.298 e. The summed E-state index contributed by atoms with van der Waals surface area (Å²) in [5.74, 6) is 1.79. The molecule has 0 fully saturated rings. The molecule has 17 heavy (non-hydrogen) atoms. The van der Waals surface area contributed by atoms with Gasteiger partial charge in [0.15, 0.2) is 0 Å². The van der Waals surface area contributed by atoms with Gasteiger partial charge in [0, 0.05) is 6.42 Å². The Morgan fingerprint density at radius 2 is 1.35 bits per heavy atom. The molecular weight excluding hydrogens is 210 g/mol. The summed E-state index contributed by atoms with van der Waals surface area (Å²) in [5.41, 5.74) is 0. The number of rotatable bonds is 9. The van der Waals surface area contributed by atoms with Crippen molar-refractivity contribution in [2.45, 2.75) is 66.8 Å². The van der Waals surface area contributed by atoms with Gasteiger partial charge in [0.2, 0.25) is 0 Å². The number of Topliss-reactive ketones (excluding diaryl/α,β-unsaturated/α-hetero) is 1. The number of hydrogen-bond acceptors (Lipinski definition) is 2. The molecule has 2 nitrogen and oxygen atoms in total. The molecule has 0 spiro atoms. The summed E-state index contributed by atoms with van der Waals surface area (Å²) >= 11 is 0. The molecule has 0 amide bonds. The number of hydrogen-bond donors (Lipinski definition) is 0. The van der Waals surface area contributed by atoms with Gasteiger partial charge in [-0.2, -0.15) is 0 Å². The first-order chi connectivity index (χ1) is 7.88. The SMILES string of the molecule is CCC(=O)C(C)N(CCC(C)C)CCC(C)C. The maximum Gasteiger partial charge on any atom is 0.149 e. The highest BCUT2D eigenvalue weighted by Gasteiger charge is 2.19. The molecule has 0 aromatic carbocycles. The summed E-state index contributed by atoms with van der Waals surface area (Å²) in [7, 11) is 0. The molecule has 0 aromatic rings. The van der Waals surface area contributed by atoms with Crippen LogP contribution in [0, 0.1) is 11.8 Å². The van der Waals surface area contributed by atoms with Gasteiger partial charge in [0.05, 0.1) is 6.04 Å². The van der Waals surface area contributed by atoms with Crippen molar-refractivity contribution in [1.29, 1.82) is 0 Å². The second-order valence-corrected chi connectivity index (χ2v) is 5.90. The van der Waals surface area contributed by atoms with E-state index in [1.807, 2.05) is 6.92 Å². The zero-order valence-electron chi connectivity index (χ0n) is 12.6. The van der Waals surface area contributed by atoms with Crippen molar-refractivity contribution >= 4 is 5.78 Å². The predicted molar refractivity (Wildman–Crippen MR) is 75.2 cm³/mol. The number of carbonyl (C=O) groups is 1. The summed E-state index contributed by atoms with van der Waals surface area (Å²) in [6.07, 6.45) is 3.01. The van der Waals surface area contributed by atoms with Crippen molar-refractivity contribution in [3.8, 4) is 0 Å². The maximum absolute atomic E-state index is 11.8. The first kappa shape index (κ1) is 16.6. The summed E-state index contributed by atoms with van der Waals surface area (Å²) < 4.78 is 0. The Balaban J connectivity index is 4.32. The van der Waals surface area contributed by atoms with Gasteiger partial charge in [-0.15, -0.1) is 0 Å². The summed E-state index contributed by atoms with van der Waals surface area (Å²) in [4.78, 5) is 14.2. The Bertz CT molecular complexity index is 199. The molecule has 0 radical (unpaired) electrons. The van der Waals surface area contributed by atoms with E-state index in [0.29, 0.717) is 24.0 Å². The Morgan fingerprint density at radius 1 is 0.941 bits per heavy atom. The van der Waals surface area contributed by atoms with Crippen molar-refractivity contribution in [1.82, 2.24) is 4.90 Å². The van der Waals surface area contributed by atoms with Gasteiger partial charge < -0.3 is 0 Å². The average molecular weight is 241 g/mol. The second-order valence-electron chi connectivity index (χ2n) is 5.90. The van der Waals surface area contributed by atoms with Crippen molar-refractivity contribution in [3.63, 3.8) is 0 Å². The largest absolute Gasteiger partial charge is 0.298 e. The fourth-order valence-corrected chi connectivity index (χ4v) is 1.85. The van der Waals surface area contributed by atoms with E-state index >= 15 is 0 Å². The monoisotopic (exact) mass is 241 g/mol. The Morgan fingerprint density at radius 3 is 1.65 bits per heavy atom. The summed E-state index contributed by atoms with van der Waals surface area (Å²) in [5, 5.41) is 0. The highest BCUT2D eigenvalue weighted by Crippen LogP contribution is 2.11. The molecule has 102 valence electrons. The van der Waals surface area contributed by atoms with Gasteiger partial charge in [-0.1, -0.05) is 34.6 Å². The van der Waals surface area contributed by atoms with Gasteiger partial charge >= 0.3 is 0 Å². The molecule has 0 aliphatic heterocycles. The van der Waals surface area contributed by atoms with E-state index in [2.05, 4.69) is 39.5 Å². The lowest BCUT2D eigenvalue weighted by Gasteiger charge is -2.29. The lowest BCUT2D eigenvalue weighted by atomic mass is 10.0. The van der Waals surface area contributed by atoms with Crippen molar-refractivity contribution in [2.75, 3.05) is 13.1 Å². The van der Waals surface area contributed by atoms with E-state index in [1.165, 1.54) is 12.8 Å². The van der Waals surface area contributed by atoms with Crippen LogP contribution in [0.2, 0.25) is 0 Å². The first-order valence-electron chi connectivity index (χ1n) is 7.15. The third kappa shape index (κ3) is 7.54. The molecule has 2 heteroatoms. The van der Waals surface area contributed by atoms with Crippen LogP contribution in [0.25, 0.3) is 0 Å². The zero-order chi connectivity index (χ0) is 13.4. The minimum atomic E-state index is 0.0949. The standard InChI is InChI=1S/C15H31NO/c1-7-15(17)14(6)16(10-8-12(2)3)11-9-13(4)5/h12-14H,7-11H2,1-6H3. The summed E-state index contributed by atoms with van der Waals surface area (Å²) in [6.45, 7) is 15.1. The average Bonchev–Trinajstić information content (AvgIpc) is 2.26. The molecule has 0 saturated heterocycles. The van der Waals surface area contributed by atoms with Crippen LogP contribution in [-0.2, 0) is 4.79 Å². The van der Waals surface area contributed by atoms with Crippen LogP contribution in [0.15, 0.2) is 0 Å². The molecule has 1 atom stereocenters. The van der Waals surface area contributed by atoms with Crippen LogP contribution in [0.5, 0.6) is 0 Å². The van der Waals surface area contributed by atoms with Crippen LogP contribution < -0.4 is 0 Å². The van der Waals surface area contributed by atoms with Crippen LogP contribution in [0.3, 0.4) is 0 Å². The molecular formula is C15H31NO. The second kappa shape index (κ2) is 8.68. The maximum atomic E-state index is 11.8. The highest BCUT2D eigenvalue weighted by molar-refractivity contribution is 5.83. The number of carbonyl (C=O) groups excluding carboxylic acids is 1. The van der Waals surface area contributed by atoms with Crippen LogP contribution in [0.4, 0.5) is 0 Å². The van der Waals surface area contributed by atoms with E-state index < -0.39 is 0 Å². The van der Waals surface area contributed by atoms with E-state index in [4.69, 9.17) is 0 Å². The van der Waals surface area contributed by atoms with Crippen molar-refractivity contribution in [3.05, 3.63) is 0 Å². The minimum absolute atomic E-state index is 0.0949. The van der Waals surface area contributed by atoms with Crippen LogP contribution >= 0.6 is 0 Å². The van der Waals surface area contributed by atoms with Gasteiger partial charge in [-0.05, 0) is 44.7 Å². The quantitative estimate of drug-likeness (QED) is 0.613. The smallest absolute Gasteiger partial charge is 0.149 e. The van der Waals surface area contributed by atoms with E-state index in [-0.39, 0.29) is 6.04 Å². The van der Waals surface area contributed by atoms with E-state index in [1.54, 1.807) is 0 Å². The fourth-order valence-electron chi connectivity index (χ4n) is 1.85. The van der Waals surface area contributed by atoms with E-state index in [9.17, 15) is 4.79 Å². The third-order valence-corrected chi connectivity index (χ3v) is 3.35. The molecule has 0 aromatic heterocycles. The molecule has 0 heterocycles. The summed E-state index contributed by atoms with van der Waals surface area (Å²) in [6, 6.07) is 0.0949. The Hall–Kier alpha value is -0.370. The lowest BCUT2D eigenvalue weighted by molar-refractivity contribution is -0.123. The highest BCUT2D eigenvalue weighted by atomic mass is 16.1. The molecule has 0 rings (SSSR count). The van der Waals surface area contributed by atoms with Gasteiger partial charge in [0.1, 0.15) is 5.78 Å². The first-order valence-corrected chi connectivity index (χ1v) is 7.15. The Kier molecular flexibility index (Phi) is 8.49. The number of ketones is 1. The van der Waals surface area contributed by atoms with Crippen LogP contribution in [-0.4, -0.2) is 29.8 Å². The number of nitrogens with zero attached hydrogens (tertiary/aromatic N) is 1. The van der Waals surface area contributed by atoms with Gasteiger partial charge in [0.25, 0.3) is 0 Å². The fraction of sp³-hybridized carbons (Fsp3) is 0.933. The van der Waals surface area contributed by atoms with Crippen molar-refractivity contribution in [2.24, 2.45) is 11.8 Å². The van der Waals surface area contributed by atoms with Gasteiger partial charge in [-0.25, -0.2) is 0 Å². The molecule has 0 aliphatic carbocycles. The third-order valence-electron chi connectivity index (χ3n) is 3.35. The molecule has 0 aliphatic rings. The lowest BCUT2D eigenvalue weighted by Crippen LogP contribution is -2.40. The normalized spacial score (nSPS) is 13.7. The van der Waals surface area contributed by atoms with E-state index in [0.717, 1.165) is 13.1 Å².